The lowest BCUT2D eigenvalue weighted by molar-refractivity contribution is 0.0250. The number of unbranched alkanes of at least 4 members (excludes halogenated alkanes) is 11. The Morgan fingerprint density at radius 3 is 1.77 bits per heavy atom. The summed E-state index contributed by atoms with van der Waals surface area (Å²) in [5, 5.41) is 0. The highest BCUT2D eigenvalue weighted by Crippen LogP contribution is 2.26. The Balaban J connectivity index is 1.46. The van der Waals surface area contributed by atoms with Crippen LogP contribution >= 0.6 is 11.8 Å². The van der Waals surface area contributed by atoms with Crippen molar-refractivity contribution in [2.24, 2.45) is 0 Å². The number of aryl methyl sites for hydroxylation is 1. The molecule has 0 radical (unpaired) electrons. The fourth-order valence-electron chi connectivity index (χ4n) is 5.60. The van der Waals surface area contributed by atoms with Crippen LogP contribution in [0, 0.1) is 0 Å². The highest BCUT2D eigenvalue weighted by molar-refractivity contribution is 7.99. The molecule has 2 nitrogen and oxygen atoms in total. The van der Waals surface area contributed by atoms with Gasteiger partial charge >= 0.3 is 5.97 Å². The Labute approximate surface area is 267 Å². The van der Waals surface area contributed by atoms with Gasteiger partial charge in [-0.3, -0.25) is 0 Å². The standard InChI is InChI=1S/C40H56O2S/c1-3-5-7-9-11-13-18-33-43-39-31-29-36(30-32-39)35-25-27-37(28-26-35)40(41)42-38(23-17-12-10-8-6-4-2)24-19-22-34-20-15-14-16-21-34/h14-16,20-21,25-32,38H,3-13,17-19,22-24,33H2,1-2H3. The van der Waals surface area contributed by atoms with Crippen molar-refractivity contribution in [3.8, 4) is 11.1 Å². The Kier molecular flexibility index (Phi) is 17.9. The van der Waals surface area contributed by atoms with Crippen molar-refractivity contribution in [1.82, 2.24) is 0 Å². The maximum Gasteiger partial charge on any atom is 0.338 e. The molecule has 0 saturated carbocycles. The Morgan fingerprint density at radius 1 is 0.605 bits per heavy atom. The second-order valence-corrected chi connectivity index (χ2v) is 13.2. The summed E-state index contributed by atoms with van der Waals surface area (Å²) in [4.78, 5) is 14.5. The van der Waals surface area contributed by atoms with Crippen molar-refractivity contribution >= 4 is 17.7 Å². The van der Waals surface area contributed by atoms with Gasteiger partial charge in [0.25, 0.3) is 0 Å². The van der Waals surface area contributed by atoms with E-state index in [1.807, 2.05) is 23.9 Å². The summed E-state index contributed by atoms with van der Waals surface area (Å²) in [6, 6.07) is 27.4. The van der Waals surface area contributed by atoms with Crippen LogP contribution in [0.2, 0.25) is 0 Å². The summed E-state index contributed by atoms with van der Waals surface area (Å²) < 4.78 is 6.10. The van der Waals surface area contributed by atoms with Gasteiger partial charge in [-0.15, -0.1) is 11.8 Å². The summed E-state index contributed by atoms with van der Waals surface area (Å²) >= 11 is 1.96. The number of carbonyl (C=O) groups is 1. The van der Waals surface area contributed by atoms with Gasteiger partial charge < -0.3 is 4.74 Å². The molecule has 0 spiro atoms. The topological polar surface area (TPSA) is 26.3 Å². The predicted octanol–water partition coefficient (Wildman–Crippen LogP) is 12.5. The van der Waals surface area contributed by atoms with E-state index in [4.69, 9.17) is 4.74 Å². The SMILES string of the molecule is CCCCCCCCCSc1ccc(-c2ccc(C(=O)OC(CCCCCCCC)CCCc3ccccc3)cc2)cc1. The number of ether oxygens (including phenoxy) is 1. The van der Waals surface area contributed by atoms with Crippen molar-refractivity contribution < 1.29 is 9.53 Å². The number of carbonyl (C=O) groups excluding carboxylic acids is 1. The maximum absolute atomic E-state index is 13.1. The smallest absolute Gasteiger partial charge is 0.338 e. The van der Waals surface area contributed by atoms with E-state index in [1.54, 1.807) is 0 Å². The van der Waals surface area contributed by atoms with Crippen LogP contribution in [0.4, 0.5) is 0 Å². The zero-order valence-corrected chi connectivity index (χ0v) is 27.9. The number of hydrogen-bond donors (Lipinski definition) is 0. The van der Waals surface area contributed by atoms with E-state index in [0.717, 1.165) is 37.7 Å². The van der Waals surface area contributed by atoms with Gasteiger partial charge in [0.1, 0.15) is 6.10 Å². The molecule has 0 amide bonds. The first-order valence-electron chi connectivity index (χ1n) is 17.3. The molecule has 234 valence electrons. The Morgan fingerprint density at radius 2 is 1.14 bits per heavy atom. The van der Waals surface area contributed by atoms with Crippen molar-refractivity contribution in [2.75, 3.05) is 5.75 Å². The van der Waals surface area contributed by atoms with E-state index in [2.05, 4.69) is 80.6 Å². The zero-order chi connectivity index (χ0) is 30.4. The second kappa shape index (κ2) is 22.1. The van der Waals surface area contributed by atoms with Crippen LogP contribution in [0.15, 0.2) is 83.8 Å². The zero-order valence-electron chi connectivity index (χ0n) is 27.0. The first kappa shape index (κ1) is 35.0. The molecule has 3 rings (SSSR count). The summed E-state index contributed by atoms with van der Waals surface area (Å²) in [5.41, 5.74) is 4.30. The van der Waals surface area contributed by atoms with Crippen LogP contribution in [0.5, 0.6) is 0 Å². The summed E-state index contributed by atoms with van der Waals surface area (Å²) in [7, 11) is 0. The molecule has 3 heteroatoms. The second-order valence-electron chi connectivity index (χ2n) is 12.0. The van der Waals surface area contributed by atoms with Gasteiger partial charge in [-0.05, 0) is 85.2 Å². The van der Waals surface area contributed by atoms with E-state index >= 15 is 0 Å². The summed E-state index contributed by atoms with van der Waals surface area (Å²) in [5.74, 6) is 0.995. The maximum atomic E-state index is 13.1. The fourth-order valence-corrected chi connectivity index (χ4v) is 6.52. The predicted molar refractivity (Wildman–Crippen MR) is 187 cm³/mol. The van der Waals surface area contributed by atoms with Gasteiger partial charge in [0.15, 0.2) is 0 Å². The van der Waals surface area contributed by atoms with Gasteiger partial charge in [0.2, 0.25) is 0 Å². The van der Waals surface area contributed by atoms with Gasteiger partial charge in [0, 0.05) is 4.90 Å². The van der Waals surface area contributed by atoms with E-state index < -0.39 is 0 Å². The third-order valence-corrected chi connectivity index (χ3v) is 9.41. The van der Waals surface area contributed by atoms with E-state index in [1.165, 1.54) is 98.8 Å². The number of thioether (sulfide) groups is 1. The molecule has 1 atom stereocenters. The number of esters is 1. The minimum atomic E-state index is -0.195. The lowest BCUT2D eigenvalue weighted by atomic mass is 10.0. The number of benzene rings is 3. The third-order valence-electron chi connectivity index (χ3n) is 8.31. The fraction of sp³-hybridized carbons (Fsp3) is 0.525. The number of hydrogen-bond acceptors (Lipinski definition) is 3. The molecule has 0 fully saturated rings. The largest absolute Gasteiger partial charge is 0.459 e. The minimum absolute atomic E-state index is 0.0202. The Bertz CT molecular complexity index is 1110. The van der Waals surface area contributed by atoms with Crippen LogP contribution < -0.4 is 0 Å². The molecule has 0 aliphatic carbocycles. The van der Waals surface area contributed by atoms with Crippen LogP contribution in [-0.4, -0.2) is 17.8 Å². The highest BCUT2D eigenvalue weighted by atomic mass is 32.2. The molecule has 0 N–H and O–H groups in total. The van der Waals surface area contributed by atoms with E-state index in [-0.39, 0.29) is 12.1 Å². The van der Waals surface area contributed by atoms with E-state index in [0.29, 0.717) is 5.56 Å². The minimum Gasteiger partial charge on any atom is -0.459 e. The molecule has 43 heavy (non-hydrogen) atoms. The van der Waals surface area contributed by atoms with Crippen molar-refractivity contribution in [2.45, 2.75) is 134 Å². The van der Waals surface area contributed by atoms with Crippen molar-refractivity contribution in [3.05, 3.63) is 90.0 Å². The molecule has 0 heterocycles. The van der Waals surface area contributed by atoms with E-state index in [9.17, 15) is 4.79 Å². The summed E-state index contributed by atoms with van der Waals surface area (Å²) in [6.07, 6.45) is 20.9. The molecule has 0 aromatic heterocycles. The van der Waals surface area contributed by atoms with Crippen molar-refractivity contribution in [1.29, 1.82) is 0 Å². The molecule has 0 aliphatic heterocycles. The lowest BCUT2D eigenvalue weighted by Gasteiger charge is -2.18. The van der Waals surface area contributed by atoms with Gasteiger partial charge in [0.05, 0.1) is 5.56 Å². The molecule has 0 bridgehead atoms. The molecule has 0 saturated heterocycles. The van der Waals surface area contributed by atoms with Crippen LogP contribution in [-0.2, 0) is 11.2 Å². The third kappa shape index (κ3) is 14.7. The average molecular weight is 601 g/mol. The number of rotatable bonds is 23. The van der Waals surface area contributed by atoms with Gasteiger partial charge in [-0.2, -0.15) is 0 Å². The normalized spacial score (nSPS) is 11.9. The molecular weight excluding hydrogens is 545 g/mol. The monoisotopic (exact) mass is 600 g/mol. The van der Waals surface area contributed by atoms with Gasteiger partial charge in [-0.1, -0.05) is 139 Å². The molecule has 3 aromatic rings. The quantitative estimate of drug-likeness (QED) is 0.0615. The lowest BCUT2D eigenvalue weighted by Crippen LogP contribution is -2.19. The molecular formula is C40H56O2S. The van der Waals surface area contributed by atoms with Crippen LogP contribution in [0.3, 0.4) is 0 Å². The first-order chi connectivity index (χ1) is 21.2. The molecule has 0 aliphatic rings. The highest BCUT2D eigenvalue weighted by Gasteiger charge is 2.16. The van der Waals surface area contributed by atoms with Gasteiger partial charge in [-0.25, -0.2) is 4.79 Å². The molecule has 1 unspecified atom stereocenters. The van der Waals surface area contributed by atoms with Crippen LogP contribution in [0.1, 0.15) is 133 Å². The molecule has 3 aromatic carbocycles. The Hall–Kier alpha value is -2.52. The first-order valence-corrected chi connectivity index (χ1v) is 18.3. The van der Waals surface area contributed by atoms with Crippen LogP contribution in [0.25, 0.3) is 11.1 Å². The van der Waals surface area contributed by atoms with Crippen molar-refractivity contribution in [3.63, 3.8) is 0 Å². The summed E-state index contributed by atoms with van der Waals surface area (Å²) in [6.45, 7) is 4.53. The average Bonchev–Trinajstić information content (AvgIpc) is 3.04.